The van der Waals surface area contributed by atoms with Crippen molar-refractivity contribution >= 4 is 23.6 Å². The van der Waals surface area contributed by atoms with E-state index in [4.69, 9.17) is 17.3 Å². The first kappa shape index (κ1) is 9.67. The van der Waals surface area contributed by atoms with E-state index in [0.29, 0.717) is 0 Å². The second kappa shape index (κ2) is 4.00. The van der Waals surface area contributed by atoms with Crippen molar-refractivity contribution in [3.8, 4) is 0 Å². The van der Waals surface area contributed by atoms with Crippen molar-refractivity contribution in [1.82, 2.24) is 4.98 Å². The molecule has 1 amide bonds. The molecule has 5 heteroatoms. The highest BCUT2D eigenvalue weighted by Gasteiger charge is 2.03. The third-order valence-electron chi connectivity index (χ3n) is 1.30. The molecule has 13 heavy (non-hydrogen) atoms. The lowest BCUT2D eigenvalue weighted by Gasteiger charge is -1.96. The molecule has 0 saturated carbocycles. The van der Waals surface area contributed by atoms with E-state index in [9.17, 15) is 9.18 Å². The summed E-state index contributed by atoms with van der Waals surface area (Å²) in [5.74, 6) is -1.31. The molecule has 3 nitrogen and oxygen atoms in total. The molecule has 0 bridgehead atoms. The lowest BCUT2D eigenvalue weighted by atomic mass is 10.2. The van der Waals surface area contributed by atoms with Gasteiger partial charge in [-0.05, 0) is 12.1 Å². The van der Waals surface area contributed by atoms with E-state index in [1.54, 1.807) is 0 Å². The maximum atomic E-state index is 13.1. The summed E-state index contributed by atoms with van der Waals surface area (Å²) in [4.78, 5) is 13.8. The number of aromatic nitrogens is 1. The van der Waals surface area contributed by atoms with Crippen LogP contribution in [0.4, 0.5) is 4.39 Å². The fourth-order valence-corrected chi connectivity index (χ4v) is 0.898. The molecule has 0 atom stereocenters. The monoisotopic (exact) mass is 200 g/mol. The summed E-state index contributed by atoms with van der Waals surface area (Å²) in [6.07, 6.45) is 3.63. The maximum absolute atomic E-state index is 13.1. The van der Waals surface area contributed by atoms with E-state index in [1.807, 2.05) is 0 Å². The van der Waals surface area contributed by atoms with E-state index in [2.05, 4.69) is 4.98 Å². The second-order valence-corrected chi connectivity index (χ2v) is 2.60. The van der Waals surface area contributed by atoms with Crippen molar-refractivity contribution in [1.29, 1.82) is 0 Å². The molecule has 1 rings (SSSR count). The molecule has 2 N–H and O–H groups in total. The lowest BCUT2D eigenvalue weighted by molar-refractivity contribution is -0.113. The Morgan fingerprint density at radius 3 is 3.00 bits per heavy atom. The van der Waals surface area contributed by atoms with Crippen molar-refractivity contribution < 1.29 is 9.18 Å². The van der Waals surface area contributed by atoms with E-state index in [0.717, 1.165) is 6.08 Å². The fraction of sp³-hybridized carbons (Fsp3) is 0. The van der Waals surface area contributed by atoms with Gasteiger partial charge < -0.3 is 5.73 Å². The molecule has 0 spiro atoms. The number of halogens is 2. The van der Waals surface area contributed by atoms with Gasteiger partial charge in [0.05, 0.1) is 0 Å². The lowest BCUT2D eigenvalue weighted by Crippen LogP contribution is -2.05. The molecule has 0 fully saturated rings. The summed E-state index contributed by atoms with van der Waals surface area (Å²) in [5, 5.41) is -0.230. The number of carbonyl (C=O) groups is 1. The second-order valence-electron chi connectivity index (χ2n) is 2.24. The van der Waals surface area contributed by atoms with Crippen LogP contribution >= 0.6 is 11.6 Å². The Hall–Kier alpha value is -1.42. The van der Waals surface area contributed by atoms with Crippen molar-refractivity contribution in [2.45, 2.75) is 0 Å². The van der Waals surface area contributed by atoms with Crippen LogP contribution in [0.1, 0.15) is 5.56 Å². The fourth-order valence-electron chi connectivity index (χ4n) is 0.733. The van der Waals surface area contributed by atoms with Crippen molar-refractivity contribution in [3.05, 3.63) is 34.9 Å². The van der Waals surface area contributed by atoms with E-state index in [1.165, 1.54) is 18.3 Å². The zero-order chi connectivity index (χ0) is 9.84. The summed E-state index contributed by atoms with van der Waals surface area (Å²) in [6, 6.07) is 1.39. The van der Waals surface area contributed by atoms with E-state index < -0.39 is 11.7 Å². The van der Waals surface area contributed by atoms with Gasteiger partial charge in [0.2, 0.25) is 5.91 Å². The van der Waals surface area contributed by atoms with Gasteiger partial charge in [-0.2, -0.15) is 0 Å². The number of nitrogens with zero attached hydrogens (tertiary/aromatic N) is 1. The van der Waals surface area contributed by atoms with Crippen LogP contribution in [-0.2, 0) is 4.79 Å². The van der Waals surface area contributed by atoms with Crippen LogP contribution in [0.2, 0.25) is 5.15 Å². The number of hydrogen-bond acceptors (Lipinski definition) is 2. The number of hydrogen-bond donors (Lipinski definition) is 1. The Kier molecular flexibility index (Phi) is 2.97. The predicted molar refractivity (Wildman–Crippen MR) is 47.4 cm³/mol. The van der Waals surface area contributed by atoms with Crippen LogP contribution in [0, 0.1) is 5.82 Å². The number of primary amides is 1. The minimum absolute atomic E-state index is 0.179. The molecule has 1 heterocycles. The van der Waals surface area contributed by atoms with Crippen LogP contribution in [0.25, 0.3) is 6.08 Å². The topological polar surface area (TPSA) is 56.0 Å². The van der Waals surface area contributed by atoms with Crippen LogP contribution in [0.5, 0.6) is 0 Å². The quantitative estimate of drug-likeness (QED) is 0.579. The number of amides is 1. The summed E-state index contributed by atoms with van der Waals surface area (Å²) in [5.41, 5.74) is 5.01. The van der Waals surface area contributed by atoms with Crippen LogP contribution in [0.15, 0.2) is 18.3 Å². The zero-order valence-corrected chi connectivity index (χ0v) is 7.25. The summed E-state index contributed by atoms with van der Waals surface area (Å²) < 4.78 is 13.1. The first-order chi connectivity index (χ1) is 6.11. The van der Waals surface area contributed by atoms with Crippen LogP contribution in [0.3, 0.4) is 0 Å². The van der Waals surface area contributed by atoms with E-state index >= 15 is 0 Å². The van der Waals surface area contributed by atoms with Gasteiger partial charge in [0.15, 0.2) is 11.0 Å². The van der Waals surface area contributed by atoms with Crippen LogP contribution in [-0.4, -0.2) is 10.9 Å². The van der Waals surface area contributed by atoms with Crippen molar-refractivity contribution in [2.75, 3.05) is 0 Å². The first-order valence-electron chi connectivity index (χ1n) is 3.39. The average molecular weight is 201 g/mol. The van der Waals surface area contributed by atoms with E-state index in [-0.39, 0.29) is 10.7 Å². The smallest absolute Gasteiger partial charge is 0.241 e. The SMILES string of the molecule is NC(=O)C=Cc1ccnc(Cl)c1F. The Labute approximate surface area is 79.0 Å². The number of rotatable bonds is 2. The Balaban J connectivity index is 3.02. The third kappa shape index (κ3) is 2.52. The normalized spacial score (nSPS) is 10.6. The molecule has 0 aliphatic heterocycles. The molecular weight excluding hydrogens is 195 g/mol. The minimum atomic E-state index is -0.665. The molecule has 0 aromatic carbocycles. The van der Waals surface area contributed by atoms with Gasteiger partial charge in [-0.15, -0.1) is 0 Å². The summed E-state index contributed by atoms with van der Waals surface area (Å²) >= 11 is 5.39. The Bertz CT molecular complexity index is 365. The van der Waals surface area contributed by atoms with Gasteiger partial charge in [0, 0.05) is 17.8 Å². The maximum Gasteiger partial charge on any atom is 0.241 e. The number of carbonyl (C=O) groups excluding carboxylic acids is 1. The molecule has 1 aromatic heterocycles. The molecule has 0 saturated heterocycles. The summed E-state index contributed by atoms with van der Waals surface area (Å²) in [7, 11) is 0. The predicted octanol–water partition coefficient (Wildman–Crippen LogP) is 1.37. The standard InChI is InChI=1S/C8H6ClFN2O/c9-8-7(10)5(3-4-12-8)1-2-6(11)13/h1-4H,(H2,11,13). The highest BCUT2D eigenvalue weighted by Crippen LogP contribution is 2.15. The van der Waals surface area contributed by atoms with Gasteiger partial charge in [0.25, 0.3) is 0 Å². The number of nitrogens with two attached hydrogens (primary N) is 1. The molecule has 1 aromatic rings. The highest BCUT2D eigenvalue weighted by atomic mass is 35.5. The van der Waals surface area contributed by atoms with Gasteiger partial charge in [-0.3, -0.25) is 4.79 Å². The Morgan fingerprint density at radius 1 is 1.69 bits per heavy atom. The zero-order valence-electron chi connectivity index (χ0n) is 6.50. The third-order valence-corrected chi connectivity index (χ3v) is 1.57. The molecule has 0 unspecified atom stereocenters. The minimum Gasteiger partial charge on any atom is -0.366 e. The van der Waals surface area contributed by atoms with Crippen molar-refractivity contribution in [2.24, 2.45) is 5.73 Å². The molecule has 68 valence electrons. The Morgan fingerprint density at radius 2 is 2.38 bits per heavy atom. The molecule has 0 radical (unpaired) electrons. The highest BCUT2D eigenvalue weighted by molar-refractivity contribution is 6.29. The summed E-state index contributed by atoms with van der Waals surface area (Å²) in [6.45, 7) is 0. The van der Waals surface area contributed by atoms with Gasteiger partial charge in [0.1, 0.15) is 0 Å². The first-order valence-corrected chi connectivity index (χ1v) is 3.76. The van der Waals surface area contributed by atoms with Gasteiger partial charge >= 0.3 is 0 Å². The van der Waals surface area contributed by atoms with Crippen LogP contribution < -0.4 is 5.73 Å². The average Bonchev–Trinajstić information content (AvgIpc) is 2.07. The van der Waals surface area contributed by atoms with Crippen molar-refractivity contribution in [3.63, 3.8) is 0 Å². The molecule has 0 aliphatic rings. The van der Waals surface area contributed by atoms with Gasteiger partial charge in [-0.25, -0.2) is 9.37 Å². The molecule has 0 aliphatic carbocycles. The largest absolute Gasteiger partial charge is 0.366 e. The van der Waals surface area contributed by atoms with Gasteiger partial charge in [-0.1, -0.05) is 11.6 Å². The number of pyridine rings is 1. The molecular formula is C8H6ClFN2O.